The lowest BCUT2D eigenvalue weighted by atomic mass is 10.1. The van der Waals surface area contributed by atoms with Gasteiger partial charge in [0.05, 0.1) is 11.2 Å². The van der Waals surface area contributed by atoms with Gasteiger partial charge >= 0.3 is 0 Å². The third-order valence-electron chi connectivity index (χ3n) is 4.54. The molecule has 3 rings (SSSR count). The standard InChI is InChI=1S/C19H25FN4/c1-13(2)12-21-16-5-4-9-24(10-8-16)19-22-14(3)17-11-15(20)6-7-18(17)23-19/h6-7,11,16,21H,1,4-5,8-10,12H2,2-3H3/t16-/m1/s1. The molecule has 1 aromatic carbocycles. The zero-order valence-corrected chi connectivity index (χ0v) is 14.5. The topological polar surface area (TPSA) is 41.0 Å². The van der Waals surface area contributed by atoms with E-state index in [2.05, 4.69) is 26.8 Å². The molecule has 0 radical (unpaired) electrons. The summed E-state index contributed by atoms with van der Waals surface area (Å²) in [6, 6.07) is 5.22. The predicted octanol–water partition coefficient (Wildman–Crippen LogP) is 3.60. The van der Waals surface area contributed by atoms with Crippen LogP contribution in [0.2, 0.25) is 0 Å². The van der Waals surface area contributed by atoms with Gasteiger partial charge < -0.3 is 10.2 Å². The molecule has 5 heteroatoms. The van der Waals surface area contributed by atoms with Crippen molar-refractivity contribution in [2.45, 2.75) is 39.2 Å². The van der Waals surface area contributed by atoms with Gasteiger partial charge in [-0.3, -0.25) is 0 Å². The van der Waals surface area contributed by atoms with E-state index in [0.29, 0.717) is 6.04 Å². The normalized spacial score (nSPS) is 18.6. The van der Waals surface area contributed by atoms with Crippen molar-refractivity contribution in [2.75, 3.05) is 24.5 Å². The molecule has 0 spiro atoms. The molecule has 0 bridgehead atoms. The highest BCUT2D eigenvalue weighted by atomic mass is 19.1. The quantitative estimate of drug-likeness (QED) is 0.871. The van der Waals surface area contributed by atoms with Crippen LogP contribution in [-0.4, -0.2) is 35.6 Å². The fourth-order valence-corrected chi connectivity index (χ4v) is 3.20. The summed E-state index contributed by atoms with van der Waals surface area (Å²) in [6.07, 6.45) is 3.33. The Bertz CT molecular complexity index is 743. The fourth-order valence-electron chi connectivity index (χ4n) is 3.20. The molecule has 1 aliphatic heterocycles. The molecule has 4 nitrogen and oxygen atoms in total. The van der Waals surface area contributed by atoms with E-state index in [4.69, 9.17) is 0 Å². The van der Waals surface area contributed by atoms with Gasteiger partial charge in [0.1, 0.15) is 5.82 Å². The number of hydrogen-bond donors (Lipinski definition) is 1. The van der Waals surface area contributed by atoms with Crippen LogP contribution in [-0.2, 0) is 0 Å². The number of rotatable bonds is 4. The number of nitrogens with zero attached hydrogens (tertiary/aromatic N) is 3. The van der Waals surface area contributed by atoms with Gasteiger partial charge in [0.15, 0.2) is 0 Å². The molecule has 1 aromatic heterocycles. The summed E-state index contributed by atoms with van der Waals surface area (Å²) >= 11 is 0. The van der Waals surface area contributed by atoms with Gasteiger partial charge in [0, 0.05) is 31.1 Å². The van der Waals surface area contributed by atoms with E-state index in [1.54, 1.807) is 6.07 Å². The third-order valence-corrected chi connectivity index (χ3v) is 4.54. The van der Waals surface area contributed by atoms with Crippen molar-refractivity contribution in [3.8, 4) is 0 Å². The maximum absolute atomic E-state index is 13.4. The molecule has 128 valence electrons. The number of anilines is 1. The Morgan fingerprint density at radius 3 is 2.96 bits per heavy atom. The van der Waals surface area contributed by atoms with E-state index in [1.807, 2.05) is 13.8 Å². The lowest BCUT2D eigenvalue weighted by Gasteiger charge is -2.21. The minimum absolute atomic E-state index is 0.247. The number of halogens is 1. The van der Waals surface area contributed by atoms with Crippen LogP contribution in [0.4, 0.5) is 10.3 Å². The number of aryl methyl sites for hydroxylation is 1. The monoisotopic (exact) mass is 328 g/mol. The molecule has 0 unspecified atom stereocenters. The Balaban J connectivity index is 1.75. The highest BCUT2D eigenvalue weighted by molar-refractivity contribution is 5.81. The molecule has 24 heavy (non-hydrogen) atoms. The van der Waals surface area contributed by atoms with Crippen LogP contribution in [0.3, 0.4) is 0 Å². The summed E-state index contributed by atoms with van der Waals surface area (Å²) in [7, 11) is 0. The predicted molar refractivity (Wildman–Crippen MR) is 96.9 cm³/mol. The maximum Gasteiger partial charge on any atom is 0.226 e. The fraction of sp³-hybridized carbons (Fsp3) is 0.474. The highest BCUT2D eigenvalue weighted by Gasteiger charge is 2.19. The summed E-state index contributed by atoms with van der Waals surface area (Å²) in [6.45, 7) is 10.7. The van der Waals surface area contributed by atoms with Gasteiger partial charge in [-0.15, -0.1) is 0 Å². The van der Waals surface area contributed by atoms with Crippen molar-refractivity contribution in [1.29, 1.82) is 0 Å². The molecule has 1 N–H and O–H groups in total. The molecule has 1 atom stereocenters. The molecular formula is C19H25FN4. The zero-order chi connectivity index (χ0) is 17.1. The molecule has 1 aliphatic rings. The van der Waals surface area contributed by atoms with Crippen molar-refractivity contribution in [1.82, 2.24) is 15.3 Å². The Hall–Kier alpha value is -2.01. The van der Waals surface area contributed by atoms with E-state index in [-0.39, 0.29) is 5.82 Å². The van der Waals surface area contributed by atoms with Crippen LogP contribution >= 0.6 is 0 Å². The minimum Gasteiger partial charge on any atom is -0.341 e. The van der Waals surface area contributed by atoms with E-state index in [0.717, 1.165) is 67.0 Å². The molecule has 0 saturated carbocycles. The number of aromatic nitrogens is 2. The first-order chi connectivity index (χ1) is 11.5. The van der Waals surface area contributed by atoms with Crippen molar-refractivity contribution in [2.24, 2.45) is 0 Å². The highest BCUT2D eigenvalue weighted by Crippen LogP contribution is 2.22. The average molecular weight is 328 g/mol. The van der Waals surface area contributed by atoms with E-state index >= 15 is 0 Å². The first-order valence-corrected chi connectivity index (χ1v) is 8.59. The van der Waals surface area contributed by atoms with E-state index in [1.165, 1.54) is 12.1 Å². The van der Waals surface area contributed by atoms with Crippen LogP contribution in [0, 0.1) is 12.7 Å². The largest absolute Gasteiger partial charge is 0.341 e. The van der Waals surface area contributed by atoms with Gasteiger partial charge in [0.2, 0.25) is 5.95 Å². The van der Waals surface area contributed by atoms with Crippen LogP contribution in [0.25, 0.3) is 10.9 Å². The Kier molecular flexibility index (Phi) is 5.09. The van der Waals surface area contributed by atoms with Crippen LogP contribution in [0.5, 0.6) is 0 Å². The zero-order valence-electron chi connectivity index (χ0n) is 14.5. The summed E-state index contributed by atoms with van der Waals surface area (Å²) in [4.78, 5) is 11.5. The van der Waals surface area contributed by atoms with E-state index < -0.39 is 0 Å². The van der Waals surface area contributed by atoms with Gasteiger partial charge in [-0.2, -0.15) is 0 Å². The molecule has 1 fully saturated rings. The van der Waals surface area contributed by atoms with Crippen molar-refractivity contribution < 1.29 is 4.39 Å². The van der Waals surface area contributed by atoms with Crippen LogP contribution in [0.1, 0.15) is 31.9 Å². The van der Waals surface area contributed by atoms with Gasteiger partial charge in [-0.25, -0.2) is 14.4 Å². The maximum atomic E-state index is 13.4. The smallest absolute Gasteiger partial charge is 0.226 e. The van der Waals surface area contributed by atoms with Gasteiger partial charge in [0.25, 0.3) is 0 Å². The van der Waals surface area contributed by atoms with Gasteiger partial charge in [-0.05, 0) is 51.3 Å². The SMILES string of the molecule is C=C(C)CN[C@@H]1CCCN(c2nc(C)c3cc(F)ccc3n2)CC1. The second kappa shape index (κ2) is 7.26. The second-order valence-electron chi connectivity index (χ2n) is 6.72. The number of benzene rings is 1. The first kappa shape index (κ1) is 16.8. The van der Waals surface area contributed by atoms with Gasteiger partial charge in [-0.1, -0.05) is 12.2 Å². The summed E-state index contributed by atoms with van der Waals surface area (Å²) in [5.74, 6) is 0.510. The van der Waals surface area contributed by atoms with Crippen LogP contribution < -0.4 is 10.2 Å². The Morgan fingerprint density at radius 1 is 1.33 bits per heavy atom. The minimum atomic E-state index is -0.247. The second-order valence-corrected chi connectivity index (χ2v) is 6.72. The molecule has 2 heterocycles. The number of nitrogens with one attached hydrogen (secondary N) is 1. The summed E-state index contributed by atoms with van der Waals surface area (Å²) in [5.41, 5.74) is 2.80. The molecule has 0 amide bonds. The molecular weight excluding hydrogens is 303 g/mol. The van der Waals surface area contributed by atoms with Crippen molar-refractivity contribution >= 4 is 16.9 Å². The average Bonchev–Trinajstić information content (AvgIpc) is 2.79. The Labute approximate surface area is 142 Å². The number of fused-ring (bicyclic) bond motifs is 1. The first-order valence-electron chi connectivity index (χ1n) is 8.59. The Morgan fingerprint density at radius 2 is 2.17 bits per heavy atom. The lowest BCUT2D eigenvalue weighted by molar-refractivity contribution is 0.489. The number of hydrogen-bond acceptors (Lipinski definition) is 4. The third kappa shape index (κ3) is 3.90. The van der Waals surface area contributed by atoms with Crippen molar-refractivity contribution in [3.05, 3.63) is 41.9 Å². The van der Waals surface area contributed by atoms with Crippen molar-refractivity contribution in [3.63, 3.8) is 0 Å². The van der Waals surface area contributed by atoms with Crippen LogP contribution in [0.15, 0.2) is 30.4 Å². The van der Waals surface area contributed by atoms with E-state index in [9.17, 15) is 4.39 Å². The lowest BCUT2D eigenvalue weighted by Crippen LogP contribution is -2.32. The molecule has 0 aliphatic carbocycles. The molecule has 2 aromatic rings. The summed E-state index contributed by atoms with van der Waals surface area (Å²) < 4.78 is 13.4. The summed E-state index contributed by atoms with van der Waals surface area (Å²) in [5, 5.41) is 4.36. The molecule has 1 saturated heterocycles.